The van der Waals surface area contributed by atoms with Crippen molar-refractivity contribution < 1.29 is 8.78 Å². The molecule has 2 aromatic rings. The van der Waals surface area contributed by atoms with Gasteiger partial charge in [-0.1, -0.05) is 33.6 Å². The normalized spacial score (nSPS) is 12.5. The summed E-state index contributed by atoms with van der Waals surface area (Å²) in [6.45, 7) is 0. The van der Waals surface area contributed by atoms with E-state index in [0.717, 1.165) is 16.1 Å². The summed E-state index contributed by atoms with van der Waals surface area (Å²) in [5.41, 5.74) is 1.17. The molecule has 19 heavy (non-hydrogen) atoms. The molecule has 0 saturated carbocycles. The van der Waals surface area contributed by atoms with E-state index in [9.17, 15) is 8.78 Å². The van der Waals surface area contributed by atoms with E-state index in [1.807, 2.05) is 6.07 Å². The van der Waals surface area contributed by atoms with Crippen molar-refractivity contribution in [3.05, 3.63) is 68.7 Å². The Morgan fingerprint density at radius 2 is 1.89 bits per heavy atom. The van der Waals surface area contributed by atoms with Crippen molar-refractivity contribution in [2.24, 2.45) is 0 Å². The molecule has 0 aliphatic carbocycles. The van der Waals surface area contributed by atoms with Crippen LogP contribution < -0.4 is 5.32 Å². The van der Waals surface area contributed by atoms with Gasteiger partial charge in [0, 0.05) is 21.1 Å². The van der Waals surface area contributed by atoms with Gasteiger partial charge in [-0.2, -0.15) is 0 Å². The van der Waals surface area contributed by atoms with Gasteiger partial charge in [0.05, 0.1) is 6.04 Å². The standard InChI is InChI=1S/C14H11BrClF2N/c1-19-14(8-4-9(15)6-10(16)5-8)12-3-2-11(17)7-13(12)18/h2-7,14,19H,1H3. The van der Waals surface area contributed by atoms with Gasteiger partial charge in [0.25, 0.3) is 0 Å². The lowest BCUT2D eigenvalue weighted by Crippen LogP contribution is -2.19. The van der Waals surface area contributed by atoms with Crippen LogP contribution in [-0.4, -0.2) is 7.05 Å². The molecule has 1 atom stereocenters. The predicted octanol–water partition coefficient (Wildman–Crippen LogP) is 4.69. The molecule has 1 nitrogen and oxygen atoms in total. The summed E-state index contributed by atoms with van der Waals surface area (Å²) < 4.78 is 27.6. The quantitative estimate of drug-likeness (QED) is 0.850. The summed E-state index contributed by atoms with van der Waals surface area (Å²) in [4.78, 5) is 0. The fourth-order valence-corrected chi connectivity index (χ4v) is 2.87. The van der Waals surface area contributed by atoms with Crippen LogP contribution in [0.15, 0.2) is 40.9 Å². The second-order valence-corrected chi connectivity index (χ2v) is 5.44. The van der Waals surface area contributed by atoms with Gasteiger partial charge in [-0.25, -0.2) is 8.78 Å². The van der Waals surface area contributed by atoms with Crippen LogP contribution >= 0.6 is 27.5 Å². The second kappa shape index (κ2) is 5.99. The Kier molecular flexibility index (Phi) is 4.55. The summed E-state index contributed by atoms with van der Waals surface area (Å²) in [5, 5.41) is 3.56. The first kappa shape index (κ1) is 14.4. The van der Waals surface area contributed by atoms with E-state index in [1.54, 1.807) is 19.2 Å². The molecule has 0 aliphatic heterocycles. The first-order valence-electron chi connectivity index (χ1n) is 5.59. The Morgan fingerprint density at radius 3 is 2.47 bits per heavy atom. The summed E-state index contributed by atoms with van der Waals surface area (Å²) in [6.07, 6.45) is 0. The lowest BCUT2D eigenvalue weighted by atomic mass is 9.98. The lowest BCUT2D eigenvalue weighted by Gasteiger charge is -2.18. The number of benzene rings is 2. The van der Waals surface area contributed by atoms with Crippen LogP contribution in [0.5, 0.6) is 0 Å². The fourth-order valence-electron chi connectivity index (χ4n) is 1.98. The average molecular weight is 347 g/mol. The molecular weight excluding hydrogens is 336 g/mol. The maximum absolute atomic E-state index is 13.8. The van der Waals surface area contributed by atoms with Crippen molar-refractivity contribution in [1.29, 1.82) is 0 Å². The van der Waals surface area contributed by atoms with Gasteiger partial charge in [-0.15, -0.1) is 0 Å². The SMILES string of the molecule is CNC(c1cc(Cl)cc(Br)c1)c1ccc(F)cc1F. The molecule has 100 valence electrons. The van der Waals surface area contributed by atoms with Crippen molar-refractivity contribution >= 4 is 27.5 Å². The van der Waals surface area contributed by atoms with Gasteiger partial charge in [-0.3, -0.25) is 0 Å². The van der Waals surface area contributed by atoms with Crippen LogP contribution in [0.25, 0.3) is 0 Å². The molecule has 0 radical (unpaired) electrons. The van der Waals surface area contributed by atoms with Gasteiger partial charge in [-0.05, 0) is 36.9 Å². The zero-order valence-corrected chi connectivity index (χ0v) is 12.4. The number of hydrogen-bond donors (Lipinski definition) is 1. The number of rotatable bonds is 3. The topological polar surface area (TPSA) is 12.0 Å². The molecule has 0 bridgehead atoms. The smallest absolute Gasteiger partial charge is 0.131 e. The minimum Gasteiger partial charge on any atom is -0.309 e. The molecule has 0 aliphatic rings. The highest BCUT2D eigenvalue weighted by atomic mass is 79.9. The molecule has 0 aromatic heterocycles. The van der Waals surface area contributed by atoms with E-state index in [4.69, 9.17) is 11.6 Å². The zero-order chi connectivity index (χ0) is 14.0. The third kappa shape index (κ3) is 3.32. The highest BCUT2D eigenvalue weighted by Crippen LogP contribution is 2.29. The predicted molar refractivity (Wildman–Crippen MR) is 76.4 cm³/mol. The van der Waals surface area contributed by atoms with Crippen LogP contribution in [0.4, 0.5) is 8.78 Å². The molecule has 1 N–H and O–H groups in total. The summed E-state index contributed by atoms with van der Waals surface area (Å²) in [6, 6.07) is 8.49. The minimum absolute atomic E-state index is 0.373. The molecule has 0 spiro atoms. The summed E-state index contributed by atoms with van der Waals surface area (Å²) in [7, 11) is 1.71. The van der Waals surface area contributed by atoms with Gasteiger partial charge in [0.2, 0.25) is 0 Å². The molecule has 5 heteroatoms. The Morgan fingerprint density at radius 1 is 1.16 bits per heavy atom. The Labute approximate surface area is 123 Å². The van der Waals surface area contributed by atoms with E-state index >= 15 is 0 Å². The molecule has 1 unspecified atom stereocenters. The third-order valence-corrected chi connectivity index (χ3v) is 3.46. The van der Waals surface area contributed by atoms with Gasteiger partial charge in [0.1, 0.15) is 11.6 Å². The van der Waals surface area contributed by atoms with Crippen molar-refractivity contribution in [2.75, 3.05) is 7.05 Å². The first-order chi connectivity index (χ1) is 9.01. The third-order valence-electron chi connectivity index (χ3n) is 2.78. The van der Waals surface area contributed by atoms with E-state index < -0.39 is 17.7 Å². The van der Waals surface area contributed by atoms with E-state index in [-0.39, 0.29) is 0 Å². The average Bonchev–Trinajstić information content (AvgIpc) is 2.31. The molecule has 0 fully saturated rings. The molecular formula is C14H11BrClF2N. The maximum atomic E-state index is 13.8. The number of hydrogen-bond acceptors (Lipinski definition) is 1. The van der Waals surface area contributed by atoms with Crippen molar-refractivity contribution in [1.82, 2.24) is 5.32 Å². The fraction of sp³-hybridized carbons (Fsp3) is 0.143. The Bertz CT molecular complexity index is 584. The second-order valence-electron chi connectivity index (χ2n) is 4.09. The van der Waals surface area contributed by atoms with Crippen LogP contribution in [0.3, 0.4) is 0 Å². The van der Waals surface area contributed by atoms with Crippen molar-refractivity contribution in [2.45, 2.75) is 6.04 Å². The lowest BCUT2D eigenvalue weighted by molar-refractivity contribution is 0.551. The number of nitrogens with one attached hydrogen (secondary N) is 1. The highest BCUT2D eigenvalue weighted by molar-refractivity contribution is 9.10. The Hall–Kier alpha value is -0.970. The van der Waals surface area contributed by atoms with Crippen LogP contribution in [0.1, 0.15) is 17.2 Å². The van der Waals surface area contributed by atoms with E-state index in [2.05, 4.69) is 21.2 Å². The zero-order valence-electron chi connectivity index (χ0n) is 10.1. The van der Waals surface area contributed by atoms with E-state index in [0.29, 0.717) is 10.6 Å². The molecule has 0 saturated heterocycles. The van der Waals surface area contributed by atoms with Gasteiger partial charge < -0.3 is 5.32 Å². The van der Waals surface area contributed by atoms with Gasteiger partial charge >= 0.3 is 0 Å². The van der Waals surface area contributed by atoms with Crippen LogP contribution in [0, 0.1) is 11.6 Å². The summed E-state index contributed by atoms with van der Waals surface area (Å²) >= 11 is 9.34. The molecule has 2 aromatic carbocycles. The molecule has 0 heterocycles. The summed E-state index contributed by atoms with van der Waals surface area (Å²) in [5.74, 6) is -1.18. The largest absolute Gasteiger partial charge is 0.309 e. The van der Waals surface area contributed by atoms with Crippen LogP contribution in [0.2, 0.25) is 5.02 Å². The van der Waals surface area contributed by atoms with Crippen molar-refractivity contribution in [3.8, 4) is 0 Å². The van der Waals surface area contributed by atoms with Crippen LogP contribution in [-0.2, 0) is 0 Å². The first-order valence-corrected chi connectivity index (χ1v) is 6.76. The van der Waals surface area contributed by atoms with Gasteiger partial charge in [0.15, 0.2) is 0 Å². The monoisotopic (exact) mass is 345 g/mol. The maximum Gasteiger partial charge on any atom is 0.131 e. The van der Waals surface area contributed by atoms with Crippen molar-refractivity contribution in [3.63, 3.8) is 0 Å². The molecule has 0 amide bonds. The highest BCUT2D eigenvalue weighted by Gasteiger charge is 2.17. The minimum atomic E-state index is -0.594. The Balaban J connectivity index is 2.49. The number of halogens is 4. The molecule has 2 rings (SSSR count). The van der Waals surface area contributed by atoms with E-state index in [1.165, 1.54) is 12.1 Å².